The molecule has 0 unspecified atom stereocenters. The monoisotopic (exact) mass is 355 g/mol. The first-order valence-electron chi connectivity index (χ1n) is 5.79. The first kappa shape index (κ1) is 13.2. The van der Waals surface area contributed by atoms with Gasteiger partial charge in [0.2, 0.25) is 0 Å². The van der Waals surface area contributed by atoms with Crippen molar-refractivity contribution in [3.05, 3.63) is 39.0 Å². The van der Waals surface area contributed by atoms with Gasteiger partial charge in [0.05, 0.1) is 5.69 Å². The van der Waals surface area contributed by atoms with E-state index in [4.69, 9.17) is 11.6 Å². The van der Waals surface area contributed by atoms with Crippen LogP contribution < -0.4 is 5.32 Å². The van der Waals surface area contributed by atoms with Gasteiger partial charge in [-0.2, -0.15) is 11.8 Å². The van der Waals surface area contributed by atoms with Gasteiger partial charge in [0.15, 0.2) is 5.82 Å². The number of halogens is 2. The summed E-state index contributed by atoms with van der Waals surface area (Å²) < 4.78 is 0.949. The van der Waals surface area contributed by atoms with Gasteiger partial charge >= 0.3 is 0 Å². The predicted molar refractivity (Wildman–Crippen MR) is 84.7 cm³/mol. The zero-order valence-electron chi connectivity index (χ0n) is 10.2. The van der Waals surface area contributed by atoms with Crippen LogP contribution in [0.4, 0.5) is 5.82 Å². The van der Waals surface area contributed by atoms with Crippen LogP contribution in [0.1, 0.15) is 11.3 Å². The number of hydrogen-bond donors (Lipinski definition) is 1. The molecule has 2 heterocycles. The summed E-state index contributed by atoms with van der Waals surface area (Å²) in [4.78, 5) is 9.28. The number of aromatic nitrogens is 2. The minimum absolute atomic E-state index is 0.683. The first-order valence-corrected chi connectivity index (χ1v) is 8.12. The second kappa shape index (κ2) is 5.31. The first-order chi connectivity index (χ1) is 9.19. The lowest BCUT2D eigenvalue weighted by molar-refractivity contribution is 1.07. The predicted octanol–water partition coefficient (Wildman–Crippen LogP) is 4.35. The van der Waals surface area contributed by atoms with E-state index >= 15 is 0 Å². The fourth-order valence-electron chi connectivity index (χ4n) is 2.05. The molecule has 0 aliphatic carbocycles. The van der Waals surface area contributed by atoms with Crippen LogP contribution in [0, 0.1) is 0 Å². The van der Waals surface area contributed by atoms with Crippen molar-refractivity contribution in [3.63, 3.8) is 0 Å². The summed E-state index contributed by atoms with van der Waals surface area (Å²) in [6, 6.07) is 5.65. The summed E-state index contributed by atoms with van der Waals surface area (Å²) in [7, 11) is 1.89. The average molecular weight is 357 g/mol. The van der Waals surface area contributed by atoms with Crippen LogP contribution >= 0.6 is 39.3 Å². The molecule has 0 amide bonds. The Morgan fingerprint density at radius 1 is 1.32 bits per heavy atom. The molecule has 0 saturated carbocycles. The molecule has 1 aliphatic heterocycles. The molecule has 0 spiro atoms. The van der Waals surface area contributed by atoms with E-state index in [0.29, 0.717) is 10.8 Å². The second-order valence-corrected chi connectivity index (χ2v) is 6.46. The molecular weight excluding hydrogens is 346 g/mol. The van der Waals surface area contributed by atoms with Crippen molar-refractivity contribution in [2.24, 2.45) is 0 Å². The maximum Gasteiger partial charge on any atom is 0.163 e. The Bertz CT molecular complexity index is 648. The maximum absolute atomic E-state index is 6.06. The zero-order valence-corrected chi connectivity index (χ0v) is 13.4. The van der Waals surface area contributed by atoms with Gasteiger partial charge in [-0.1, -0.05) is 27.5 Å². The van der Waals surface area contributed by atoms with E-state index in [2.05, 4.69) is 31.2 Å². The molecule has 0 fully saturated rings. The van der Waals surface area contributed by atoms with Crippen LogP contribution in [0.5, 0.6) is 0 Å². The maximum atomic E-state index is 6.06. The van der Waals surface area contributed by atoms with E-state index in [1.54, 1.807) is 0 Å². The Morgan fingerprint density at radius 3 is 2.95 bits per heavy atom. The van der Waals surface area contributed by atoms with E-state index in [9.17, 15) is 0 Å². The third-order valence-corrected chi connectivity index (χ3v) is 4.88. The van der Waals surface area contributed by atoms with Crippen molar-refractivity contribution < 1.29 is 0 Å². The van der Waals surface area contributed by atoms with Crippen LogP contribution in [0.3, 0.4) is 0 Å². The largest absolute Gasteiger partial charge is 0.373 e. The van der Waals surface area contributed by atoms with E-state index in [1.165, 1.54) is 5.56 Å². The van der Waals surface area contributed by atoms with E-state index < -0.39 is 0 Å². The summed E-state index contributed by atoms with van der Waals surface area (Å²) in [5.74, 6) is 3.54. The topological polar surface area (TPSA) is 37.8 Å². The molecule has 19 heavy (non-hydrogen) atoms. The molecule has 1 aromatic carbocycles. The van der Waals surface area contributed by atoms with Crippen molar-refractivity contribution in [1.82, 2.24) is 9.97 Å². The van der Waals surface area contributed by atoms with Crippen LogP contribution in [0.2, 0.25) is 5.02 Å². The Hall–Kier alpha value is -0.780. The molecule has 1 N–H and O–H groups in total. The van der Waals surface area contributed by atoms with Gasteiger partial charge in [0.1, 0.15) is 5.82 Å². The third-order valence-electron chi connectivity index (χ3n) is 2.98. The fourth-order valence-corrected chi connectivity index (χ4v) is 3.68. The number of nitrogens with zero attached hydrogens (tertiary/aromatic N) is 2. The Labute approximate surface area is 129 Å². The smallest absolute Gasteiger partial charge is 0.163 e. The summed E-state index contributed by atoms with van der Waals surface area (Å²) in [5.41, 5.74) is 3.25. The molecule has 1 aromatic heterocycles. The molecule has 0 bridgehead atoms. The normalized spacial score (nSPS) is 13.4. The highest BCUT2D eigenvalue weighted by Crippen LogP contribution is 2.36. The van der Waals surface area contributed by atoms with Crippen LogP contribution in [-0.4, -0.2) is 17.0 Å². The SMILES string of the molecule is CNc1nc(-c2cc(Cl)ccc2Br)nc2c1CSC2. The fraction of sp³-hybridized carbons (Fsp3) is 0.231. The third kappa shape index (κ3) is 2.47. The molecule has 0 atom stereocenters. The molecule has 1 aliphatic rings. The van der Waals surface area contributed by atoms with Gasteiger partial charge in [-0.25, -0.2) is 9.97 Å². The highest BCUT2D eigenvalue weighted by Gasteiger charge is 2.20. The lowest BCUT2D eigenvalue weighted by Gasteiger charge is -2.10. The summed E-state index contributed by atoms with van der Waals surface area (Å²) >= 11 is 11.5. The van der Waals surface area contributed by atoms with E-state index in [-0.39, 0.29) is 0 Å². The standard InChI is InChI=1S/C13H11BrClN3S/c1-16-12-9-5-19-6-11(9)17-13(18-12)8-4-7(15)2-3-10(8)14/h2-4H,5-6H2,1H3,(H,16,17,18). The van der Waals surface area contributed by atoms with Crippen LogP contribution in [-0.2, 0) is 11.5 Å². The lowest BCUT2D eigenvalue weighted by Crippen LogP contribution is -2.03. The van der Waals surface area contributed by atoms with E-state index in [1.807, 2.05) is 37.0 Å². The van der Waals surface area contributed by atoms with Crippen molar-refractivity contribution in [2.45, 2.75) is 11.5 Å². The number of nitrogens with one attached hydrogen (secondary N) is 1. The average Bonchev–Trinajstić information content (AvgIpc) is 2.88. The van der Waals surface area contributed by atoms with Gasteiger partial charge in [0, 0.05) is 39.2 Å². The van der Waals surface area contributed by atoms with Crippen molar-refractivity contribution >= 4 is 45.1 Å². The molecule has 2 aromatic rings. The zero-order chi connectivity index (χ0) is 13.4. The molecule has 3 rings (SSSR count). The lowest BCUT2D eigenvalue weighted by atomic mass is 10.2. The van der Waals surface area contributed by atoms with Gasteiger partial charge in [-0.3, -0.25) is 0 Å². The number of benzene rings is 1. The molecular formula is C13H11BrClN3S. The quantitative estimate of drug-likeness (QED) is 0.868. The summed E-state index contributed by atoms with van der Waals surface area (Å²) in [6.45, 7) is 0. The van der Waals surface area contributed by atoms with Crippen LogP contribution in [0.25, 0.3) is 11.4 Å². The molecule has 0 saturated heterocycles. The Morgan fingerprint density at radius 2 is 2.16 bits per heavy atom. The van der Waals surface area contributed by atoms with Gasteiger partial charge in [-0.05, 0) is 18.2 Å². The van der Waals surface area contributed by atoms with Crippen molar-refractivity contribution in [1.29, 1.82) is 0 Å². The molecule has 3 nitrogen and oxygen atoms in total. The molecule has 0 radical (unpaired) electrons. The number of anilines is 1. The second-order valence-electron chi connectivity index (χ2n) is 4.19. The van der Waals surface area contributed by atoms with Crippen molar-refractivity contribution in [2.75, 3.05) is 12.4 Å². The Kier molecular flexibility index (Phi) is 3.69. The highest BCUT2D eigenvalue weighted by atomic mass is 79.9. The number of rotatable bonds is 2. The van der Waals surface area contributed by atoms with E-state index in [0.717, 1.165) is 33.1 Å². The number of thioether (sulfide) groups is 1. The van der Waals surface area contributed by atoms with Crippen LogP contribution in [0.15, 0.2) is 22.7 Å². The molecule has 6 heteroatoms. The Balaban J connectivity index is 2.18. The van der Waals surface area contributed by atoms with Gasteiger partial charge in [0.25, 0.3) is 0 Å². The summed E-state index contributed by atoms with van der Waals surface area (Å²) in [6.07, 6.45) is 0. The summed E-state index contributed by atoms with van der Waals surface area (Å²) in [5, 5.41) is 3.84. The van der Waals surface area contributed by atoms with Gasteiger partial charge < -0.3 is 5.32 Å². The van der Waals surface area contributed by atoms with Crippen molar-refractivity contribution in [3.8, 4) is 11.4 Å². The highest BCUT2D eigenvalue weighted by molar-refractivity contribution is 9.10. The minimum atomic E-state index is 0.683. The number of hydrogen-bond acceptors (Lipinski definition) is 4. The minimum Gasteiger partial charge on any atom is -0.373 e. The number of fused-ring (bicyclic) bond motifs is 1. The molecule has 98 valence electrons. The van der Waals surface area contributed by atoms with Gasteiger partial charge in [-0.15, -0.1) is 0 Å².